The molecule has 1 saturated heterocycles. The van der Waals surface area contributed by atoms with Crippen LogP contribution in [0.1, 0.15) is 56.2 Å². The standard InChI is InChI=1S/C22H31BrN2O/c1-6-10-18(19(23)11-7-2)22(26)24-20-15(3)14-16(4)21(17(20)5)25-12-8-9-13-25/h6,10,14H,7-9,11-13H2,1-5H3,(H,24,26)/b10-6-,19-18-. The fourth-order valence-electron chi connectivity index (χ4n) is 3.79. The minimum absolute atomic E-state index is 0.0501. The fraction of sp³-hybridized carbons (Fsp3) is 0.500. The summed E-state index contributed by atoms with van der Waals surface area (Å²) < 4.78 is 0.956. The van der Waals surface area contributed by atoms with Crippen LogP contribution in [0, 0.1) is 20.8 Å². The zero-order valence-electron chi connectivity index (χ0n) is 16.7. The average Bonchev–Trinajstić information content (AvgIpc) is 3.10. The predicted molar refractivity (Wildman–Crippen MR) is 116 cm³/mol. The predicted octanol–water partition coefficient (Wildman–Crippen LogP) is 6.18. The molecule has 26 heavy (non-hydrogen) atoms. The van der Waals surface area contributed by atoms with Gasteiger partial charge < -0.3 is 10.2 Å². The van der Waals surface area contributed by atoms with Crippen molar-refractivity contribution in [2.75, 3.05) is 23.3 Å². The molecular weight excluding hydrogens is 388 g/mol. The molecule has 0 radical (unpaired) electrons. The quantitative estimate of drug-likeness (QED) is 0.441. The van der Waals surface area contributed by atoms with Gasteiger partial charge in [-0.2, -0.15) is 0 Å². The number of carbonyl (C=O) groups excluding carboxylic acids is 1. The van der Waals surface area contributed by atoms with Gasteiger partial charge in [0.05, 0.1) is 0 Å². The summed E-state index contributed by atoms with van der Waals surface area (Å²) in [6.45, 7) is 12.6. The normalized spacial score (nSPS) is 15.5. The van der Waals surface area contributed by atoms with Gasteiger partial charge in [-0.05, 0) is 63.6 Å². The highest BCUT2D eigenvalue weighted by Gasteiger charge is 2.21. The van der Waals surface area contributed by atoms with E-state index in [0.717, 1.165) is 41.7 Å². The highest BCUT2D eigenvalue weighted by Crippen LogP contribution is 2.35. The third-order valence-electron chi connectivity index (χ3n) is 4.93. The van der Waals surface area contributed by atoms with Gasteiger partial charge in [-0.15, -0.1) is 0 Å². The Morgan fingerprint density at radius 3 is 2.46 bits per heavy atom. The maximum atomic E-state index is 13.0. The van der Waals surface area contributed by atoms with E-state index in [1.165, 1.54) is 29.7 Å². The van der Waals surface area contributed by atoms with Crippen molar-refractivity contribution in [3.63, 3.8) is 0 Å². The van der Waals surface area contributed by atoms with Crippen LogP contribution >= 0.6 is 15.9 Å². The van der Waals surface area contributed by atoms with Gasteiger partial charge in [0, 0.05) is 34.5 Å². The Hall–Kier alpha value is -1.55. The number of amides is 1. The van der Waals surface area contributed by atoms with Gasteiger partial charge in [0.2, 0.25) is 0 Å². The smallest absolute Gasteiger partial charge is 0.256 e. The van der Waals surface area contributed by atoms with Gasteiger partial charge in [0.15, 0.2) is 0 Å². The lowest BCUT2D eigenvalue weighted by atomic mass is 10.0. The fourth-order valence-corrected chi connectivity index (χ4v) is 4.49. The van der Waals surface area contributed by atoms with Crippen LogP contribution < -0.4 is 10.2 Å². The summed E-state index contributed by atoms with van der Waals surface area (Å²) in [5.74, 6) is -0.0501. The van der Waals surface area contributed by atoms with Gasteiger partial charge >= 0.3 is 0 Å². The van der Waals surface area contributed by atoms with E-state index in [0.29, 0.717) is 5.57 Å². The molecule has 1 fully saturated rings. The minimum atomic E-state index is -0.0501. The SMILES string of the molecule is C/C=C\C(C(=O)Nc1c(C)cc(C)c(N2CCCC2)c1C)=C(\Br)CCC. The third-order valence-corrected chi connectivity index (χ3v) is 5.76. The lowest BCUT2D eigenvalue weighted by molar-refractivity contribution is -0.112. The second-order valence-electron chi connectivity index (χ2n) is 7.08. The van der Waals surface area contributed by atoms with E-state index in [9.17, 15) is 4.79 Å². The van der Waals surface area contributed by atoms with Crippen molar-refractivity contribution in [1.82, 2.24) is 0 Å². The zero-order chi connectivity index (χ0) is 19.3. The molecule has 3 nitrogen and oxygen atoms in total. The minimum Gasteiger partial charge on any atom is -0.371 e. The first-order valence-electron chi connectivity index (χ1n) is 9.59. The molecule has 4 heteroatoms. The first-order valence-corrected chi connectivity index (χ1v) is 10.4. The molecule has 0 bridgehead atoms. The maximum absolute atomic E-state index is 13.0. The number of benzene rings is 1. The summed E-state index contributed by atoms with van der Waals surface area (Å²) in [7, 11) is 0. The van der Waals surface area contributed by atoms with Crippen LogP contribution in [0.2, 0.25) is 0 Å². The van der Waals surface area contributed by atoms with Crippen molar-refractivity contribution in [2.45, 2.75) is 60.3 Å². The first-order chi connectivity index (χ1) is 12.4. The molecule has 1 aliphatic rings. The molecule has 1 aromatic rings. The second-order valence-corrected chi connectivity index (χ2v) is 8.03. The summed E-state index contributed by atoms with van der Waals surface area (Å²) in [6, 6.07) is 2.19. The molecule has 1 amide bonds. The molecule has 142 valence electrons. The van der Waals surface area contributed by atoms with Crippen molar-refractivity contribution in [1.29, 1.82) is 0 Å². The third kappa shape index (κ3) is 4.59. The van der Waals surface area contributed by atoms with E-state index in [1.807, 2.05) is 19.1 Å². The highest BCUT2D eigenvalue weighted by molar-refractivity contribution is 9.11. The molecule has 0 atom stereocenters. The molecule has 1 N–H and O–H groups in total. The zero-order valence-corrected chi connectivity index (χ0v) is 18.3. The molecule has 1 aromatic carbocycles. The van der Waals surface area contributed by atoms with Gasteiger partial charge in [-0.25, -0.2) is 0 Å². The average molecular weight is 419 g/mol. The first kappa shape index (κ1) is 20.8. The van der Waals surface area contributed by atoms with Crippen molar-refractivity contribution in [3.05, 3.63) is 45.0 Å². The molecular formula is C22H31BrN2O. The van der Waals surface area contributed by atoms with Gasteiger partial charge in [-0.1, -0.05) is 47.5 Å². The van der Waals surface area contributed by atoms with Crippen LogP contribution in [0.15, 0.2) is 28.3 Å². The van der Waals surface area contributed by atoms with E-state index in [1.54, 1.807) is 0 Å². The van der Waals surface area contributed by atoms with Crippen molar-refractivity contribution in [3.8, 4) is 0 Å². The Labute approximate surface area is 166 Å². The van der Waals surface area contributed by atoms with E-state index < -0.39 is 0 Å². The summed E-state index contributed by atoms with van der Waals surface area (Å²) in [5.41, 5.74) is 6.51. The number of hydrogen-bond acceptors (Lipinski definition) is 2. The number of hydrogen-bond donors (Lipinski definition) is 1. The molecule has 2 rings (SSSR count). The topological polar surface area (TPSA) is 32.3 Å². The number of rotatable bonds is 6. The summed E-state index contributed by atoms with van der Waals surface area (Å²) in [5, 5.41) is 3.19. The second kappa shape index (κ2) is 9.40. The Bertz CT molecular complexity index is 728. The number of aryl methyl sites for hydroxylation is 2. The van der Waals surface area contributed by atoms with E-state index in [2.05, 4.69) is 59.9 Å². The Morgan fingerprint density at radius 1 is 1.23 bits per heavy atom. The number of allylic oxidation sites excluding steroid dienone is 2. The number of anilines is 2. The number of halogens is 1. The van der Waals surface area contributed by atoms with E-state index >= 15 is 0 Å². The van der Waals surface area contributed by atoms with Gasteiger partial charge in [-0.3, -0.25) is 4.79 Å². The highest BCUT2D eigenvalue weighted by atomic mass is 79.9. The van der Waals surface area contributed by atoms with Crippen LogP contribution in [-0.4, -0.2) is 19.0 Å². The monoisotopic (exact) mass is 418 g/mol. The van der Waals surface area contributed by atoms with E-state index in [4.69, 9.17) is 0 Å². The molecule has 0 saturated carbocycles. The van der Waals surface area contributed by atoms with Crippen LogP contribution in [0.3, 0.4) is 0 Å². The molecule has 1 aliphatic heterocycles. The van der Waals surface area contributed by atoms with Gasteiger partial charge in [0.1, 0.15) is 0 Å². The summed E-state index contributed by atoms with van der Waals surface area (Å²) >= 11 is 3.60. The Morgan fingerprint density at radius 2 is 1.88 bits per heavy atom. The van der Waals surface area contributed by atoms with Crippen LogP contribution in [-0.2, 0) is 4.79 Å². The molecule has 0 aromatic heterocycles. The lowest BCUT2D eigenvalue weighted by Crippen LogP contribution is -2.22. The molecule has 1 heterocycles. The number of nitrogens with one attached hydrogen (secondary N) is 1. The van der Waals surface area contributed by atoms with Crippen LogP contribution in [0.25, 0.3) is 0 Å². The Balaban J connectivity index is 2.40. The van der Waals surface area contributed by atoms with Crippen molar-refractivity contribution < 1.29 is 4.79 Å². The van der Waals surface area contributed by atoms with Crippen molar-refractivity contribution in [2.24, 2.45) is 0 Å². The number of nitrogens with zero attached hydrogens (tertiary/aromatic N) is 1. The van der Waals surface area contributed by atoms with Gasteiger partial charge in [0.25, 0.3) is 5.91 Å². The van der Waals surface area contributed by atoms with Crippen molar-refractivity contribution >= 4 is 33.2 Å². The van der Waals surface area contributed by atoms with Crippen LogP contribution in [0.4, 0.5) is 11.4 Å². The number of carbonyl (C=O) groups is 1. The summed E-state index contributed by atoms with van der Waals surface area (Å²) in [6.07, 6.45) is 8.14. The molecule has 0 unspecified atom stereocenters. The maximum Gasteiger partial charge on any atom is 0.256 e. The summed E-state index contributed by atoms with van der Waals surface area (Å²) in [4.78, 5) is 15.4. The molecule has 0 aliphatic carbocycles. The molecule has 0 spiro atoms. The Kier molecular flexibility index (Phi) is 7.51. The lowest BCUT2D eigenvalue weighted by Gasteiger charge is -2.26. The van der Waals surface area contributed by atoms with Crippen LogP contribution in [0.5, 0.6) is 0 Å². The van der Waals surface area contributed by atoms with E-state index in [-0.39, 0.29) is 5.91 Å². The largest absolute Gasteiger partial charge is 0.371 e.